The Hall–Kier alpha value is -1.89. The fourth-order valence-electron chi connectivity index (χ4n) is 1.14. The van der Waals surface area contributed by atoms with Crippen LogP contribution in [0, 0.1) is 5.82 Å². The summed E-state index contributed by atoms with van der Waals surface area (Å²) in [6.07, 6.45) is 0.973. The zero-order valence-electron chi connectivity index (χ0n) is 8.28. The number of nitrogens with zero attached hydrogens (tertiary/aromatic N) is 1. The molecule has 0 fully saturated rings. The van der Waals surface area contributed by atoms with Crippen LogP contribution < -0.4 is 5.32 Å². The normalized spacial score (nSPS) is 10.2. The van der Waals surface area contributed by atoms with E-state index < -0.39 is 11.8 Å². The summed E-state index contributed by atoms with van der Waals surface area (Å²) in [6, 6.07) is 4.20. The van der Waals surface area contributed by atoms with Gasteiger partial charge in [0.1, 0.15) is 12.1 Å². The minimum Gasteiger partial charge on any atom is -0.476 e. The molecule has 0 atom stereocenters. The summed E-state index contributed by atoms with van der Waals surface area (Å²) in [5, 5.41) is 11.2. The van der Waals surface area contributed by atoms with Crippen molar-refractivity contribution in [2.75, 3.05) is 5.32 Å². The van der Waals surface area contributed by atoms with Crippen LogP contribution in [0.3, 0.4) is 0 Å². The third-order valence-electron chi connectivity index (χ3n) is 1.89. The number of halogens is 2. The highest BCUT2D eigenvalue weighted by atomic mass is 79.9. The number of anilines is 2. The van der Waals surface area contributed by atoms with Crippen LogP contribution in [0.2, 0.25) is 0 Å². The summed E-state index contributed by atoms with van der Waals surface area (Å²) >= 11 is 3.19. The fourth-order valence-corrected chi connectivity index (χ4v) is 1.50. The number of hydrogen-bond donors (Lipinski definition) is 2. The molecule has 0 unspecified atom stereocenters. The number of aromatic carboxylic acids is 1. The van der Waals surface area contributed by atoms with Gasteiger partial charge >= 0.3 is 5.97 Å². The number of aromatic nitrogens is 1. The van der Waals surface area contributed by atoms with Gasteiger partial charge in [-0.3, -0.25) is 0 Å². The molecule has 0 bridgehead atoms. The molecule has 5 nitrogen and oxygen atoms in total. The van der Waals surface area contributed by atoms with E-state index in [1.165, 1.54) is 12.1 Å². The van der Waals surface area contributed by atoms with Gasteiger partial charge in [-0.05, 0) is 18.2 Å². The van der Waals surface area contributed by atoms with E-state index in [9.17, 15) is 9.18 Å². The second kappa shape index (κ2) is 4.54. The first kappa shape index (κ1) is 11.6. The summed E-state index contributed by atoms with van der Waals surface area (Å²) in [5.74, 6) is -1.71. The topological polar surface area (TPSA) is 75.4 Å². The lowest BCUT2D eigenvalue weighted by Crippen LogP contribution is -1.98. The van der Waals surface area contributed by atoms with Gasteiger partial charge in [-0.25, -0.2) is 9.18 Å². The number of carboxylic acids is 1. The molecule has 88 valence electrons. The molecule has 17 heavy (non-hydrogen) atoms. The van der Waals surface area contributed by atoms with Gasteiger partial charge in [0.15, 0.2) is 5.69 Å². The first-order valence-electron chi connectivity index (χ1n) is 4.47. The van der Waals surface area contributed by atoms with Gasteiger partial charge in [0.05, 0.1) is 5.69 Å². The van der Waals surface area contributed by atoms with E-state index in [4.69, 9.17) is 9.52 Å². The van der Waals surface area contributed by atoms with Crippen molar-refractivity contribution in [3.8, 4) is 0 Å². The predicted octanol–water partition coefficient (Wildman–Crippen LogP) is 3.02. The number of hydrogen-bond acceptors (Lipinski definition) is 4. The molecule has 0 aliphatic rings. The molecule has 0 aliphatic heterocycles. The zero-order valence-corrected chi connectivity index (χ0v) is 9.86. The lowest BCUT2D eigenvalue weighted by atomic mass is 10.3. The van der Waals surface area contributed by atoms with Crippen molar-refractivity contribution in [2.45, 2.75) is 0 Å². The third kappa shape index (κ3) is 2.62. The summed E-state index contributed by atoms with van der Waals surface area (Å²) in [7, 11) is 0. The first-order valence-corrected chi connectivity index (χ1v) is 5.26. The van der Waals surface area contributed by atoms with Crippen LogP contribution in [0.5, 0.6) is 0 Å². The van der Waals surface area contributed by atoms with E-state index >= 15 is 0 Å². The molecule has 0 amide bonds. The highest BCUT2D eigenvalue weighted by Crippen LogP contribution is 2.23. The Morgan fingerprint density at radius 3 is 2.94 bits per heavy atom. The second-order valence-electron chi connectivity index (χ2n) is 3.09. The van der Waals surface area contributed by atoms with Gasteiger partial charge in [-0.15, -0.1) is 0 Å². The lowest BCUT2D eigenvalue weighted by molar-refractivity contribution is 0.0690. The Bertz CT molecular complexity index is 570. The third-order valence-corrected chi connectivity index (χ3v) is 2.39. The molecule has 2 N–H and O–H groups in total. The standard InChI is InChI=1S/C10H6BrFN2O3/c11-5-1-2-6(12)7(3-5)13-10-14-8(4-17-10)9(15)16/h1-4H,(H,13,14)(H,15,16). The average Bonchev–Trinajstić information content (AvgIpc) is 2.72. The number of benzene rings is 1. The van der Waals surface area contributed by atoms with Crippen molar-refractivity contribution < 1.29 is 18.7 Å². The fraction of sp³-hybridized carbons (Fsp3) is 0. The molecule has 0 saturated carbocycles. The van der Waals surface area contributed by atoms with Crippen LogP contribution >= 0.6 is 15.9 Å². The number of oxazole rings is 1. The summed E-state index contributed by atoms with van der Waals surface area (Å²) < 4.78 is 18.9. The number of nitrogens with one attached hydrogen (secondary N) is 1. The molecule has 2 aromatic rings. The van der Waals surface area contributed by atoms with Crippen LogP contribution in [0.1, 0.15) is 10.5 Å². The van der Waals surface area contributed by atoms with Gasteiger partial charge < -0.3 is 14.8 Å². The van der Waals surface area contributed by atoms with Crippen molar-refractivity contribution in [2.24, 2.45) is 0 Å². The number of rotatable bonds is 3. The van der Waals surface area contributed by atoms with E-state index in [0.29, 0.717) is 4.47 Å². The monoisotopic (exact) mass is 300 g/mol. The van der Waals surface area contributed by atoms with Gasteiger partial charge in [0.2, 0.25) is 0 Å². The van der Waals surface area contributed by atoms with Crippen molar-refractivity contribution in [3.63, 3.8) is 0 Å². The minimum atomic E-state index is -1.21. The van der Waals surface area contributed by atoms with Gasteiger partial charge in [-0.1, -0.05) is 15.9 Å². The van der Waals surface area contributed by atoms with E-state index in [-0.39, 0.29) is 17.4 Å². The maximum atomic E-state index is 13.4. The average molecular weight is 301 g/mol. The molecular weight excluding hydrogens is 295 g/mol. The minimum absolute atomic E-state index is 0.0839. The Morgan fingerprint density at radius 2 is 2.29 bits per heavy atom. The van der Waals surface area contributed by atoms with E-state index in [1.807, 2.05) is 0 Å². The highest BCUT2D eigenvalue weighted by Gasteiger charge is 2.11. The van der Waals surface area contributed by atoms with Crippen molar-refractivity contribution >= 4 is 33.6 Å². The Kier molecular flexibility index (Phi) is 3.10. The molecule has 0 saturated heterocycles. The quantitative estimate of drug-likeness (QED) is 0.911. The largest absolute Gasteiger partial charge is 0.476 e. The number of carbonyl (C=O) groups is 1. The smallest absolute Gasteiger partial charge is 0.357 e. The van der Waals surface area contributed by atoms with Crippen LogP contribution in [0.15, 0.2) is 33.4 Å². The van der Waals surface area contributed by atoms with Crippen molar-refractivity contribution in [1.82, 2.24) is 4.98 Å². The van der Waals surface area contributed by atoms with Crippen LogP contribution in [-0.4, -0.2) is 16.1 Å². The summed E-state index contributed by atoms with van der Waals surface area (Å²) in [4.78, 5) is 14.2. The lowest BCUT2D eigenvalue weighted by Gasteiger charge is -2.03. The maximum Gasteiger partial charge on any atom is 0.357 e. The number of carboxylic acid groups (broad SMARTS) is 1. The summed E-state index contributed by atoms with van der Waals surface area (Å²) in [6.45, 7) is 0. The van der Waals surface area contributed by atoms with E-state index in [2.05, 4.69) is 26.2 Å². The van der Waals surface area contributed by atoms with E-state index in [1.54, 1.807) is 6.07 Å². The van der Waals surface area contributed by atoms with E-state index in [0.717, 1.165) is 6.26 Å². The van der Waals surface area contributed by atoms with Gasteiger partial charge in [-0.2, -0.15) is 4.98 Å². The van der Waals surface area contributed by atoms with Gasteiger partial charge in [0, 0.05) is 4.47 Å². The molecule has 1 aromatic heterocycles. The van der Waals surface area contributed by atoms with Crippen LogP contribution in [-0.2, 0) is 0 Å². The Balaban J connectivity index is 2.25. The molecule has 7 heteroatoms. The molecule has 0 radical (unpaired) electrons. The first-order chi connectivity index (χ1) is 8.06. The molecule has 1 aromatic carbocycles. The summed E-state index contributed by atoms with van der Waals surface area (Å²) in [5.41, 5.74) is -0.110. The SMILES string of the molecule is O=C(O)c1coc(Nc2cc(Br)ccc2F)n1. The maximum absolute atomic E-state index is 13.4. The predicted molar refractivity (Wildman–Crippen MR) is 60.8 cm³/mol. The van der Waals surface area contributed by atoms with Crippen molar-refractivity contribution in [1.29, 1.82) is 0 Å². The Morgan fingerprint density at radius 1 is 1.53 bits per heavy atom. The van der Waals surface area contributed by atoms with Crippen LogP contribution in [0.4, 0.5) is 16.1 Å². The molecule has 2 rings (SSSR count). The van der Waals surface area contributed by atoms with Gasteiger partial charge in [0.25, 0.3) is 6.01 Å². The Labute approximate surface area is 103 Å². The molecular formula is C10H6BrFN2O3. The molecule has 0 aliphatic carbocycles. The van der Waals surface area contributed by atoms with Crippen LogP contribution in [0.25, 0.3) is 0 Å². The second-order valence-corrected chi connectivity index (χ2v) is 4.01. The molecule has 0 spiro atoms. The molecule has 1 heterocycles. The zero-order chi connectivity index (χ0) is 12.4. The van der Waals surface area contributed by atoms with Crippen molar-refractivity contribution in [3.05, 3.63) is 40.4 Å². The highest BCUT2D eigenvalue weighted by molar-refractivity contribution is 9.10.